The molecule has 5 nitrogen and oxygen atoms in total. The van der Waals surface area contributed by atoms with E-state index in [0.29, 0.717) is 17.0 Å². The molecule has 0 aromatic carbocycles. The molecule has 2 rings (SSSR count). The predicted molar refractivity (Wildman–Crippen MR) is 70.0 cm³/mol. The summed E-state index contributed by atoms with van der Waals surface area (Å²) in [5.41, 5.74) is 5.76. The van der Waals surface area contributed by atoms with Crippen LogP contribution >= 0.6 is 23.5 Å². The molecule has 0 radical (unpaired) electrons. The summed E-state index contributed by atoms with van der Waals surface area (Å²) in [5.74, 6) is 3.28. The quantitative estimate of drug-likeness (QED) is 0.861. The molecule has 7 heteroatoms. The first-order valence-corrected chi connectivity index (χ1v) is 7.69. The van der Waals surface area contributed by atoms with Crippen molar-refractivity contribution in [1.82, 2.24) is 10.1 Å². The zero-order valence-electron chi connectivity index (χ0n) is 9.87. The Hall–Kier alpha value is -0.240. The van der Waals surface area contributed by atoms with Crippen LogP contribution in [0.5, 0.6) is 0 Å². The molecule has 17 heavy (non-hydrogen) atoms. The molecular weight excluding hydrogens is 258 g/mol. The van der Waals surface area contributed by atoms with Gasteiger partial charge in [-0.2, -0.15) is 16.7 Å². The van der Waals surface area contributed by atoms with Gasteiger partial charge in [0.15, 0.2) is 5.82 Å². The van der Waals surface area contributed by atoms with E-state index in [9.17, 15) is 5.11 Å². The van der Waals surface area contributed by atoms with Gasteiger partial charge in [-0.05, 0) is 6.92 Å². The Morgan fingerprint density at radius 1 is 1.47 bits per heavy atom. The molecule has 1 aromatic rings. The number of aromatic nitrogens is 2. The molecule has 0 amide bonds. The molecule has 1 aliphatic heterocycles. The van der Waals surface area contributed by atoms with Crippen LogP contribution in [0.3, 0.4) is 0 Å². The maximum atomic E-state index is 9.38. The third-order valence-corrected chi connectivity index (χ3v) is 5.79. The van der Waals surface area contributed by atoms with E-state index in [2.05, 4.69) is 17.1 Å². The van der Waals surface area contributed by atoms with E-state index in [0.717, 1.165) is 5.75 Å². The number of nitrogens with zero attached hydrogens (tertiary/aromatic N) is 2. The van der Waals surface area contributed by atoms with Gasteiger partial charge >= 0.3 is 0 Å². The lowest BCUT2D eigenvalue weighted by molar-refractivity contribution is 0.146. The van der Waals surface area contributed by atoms with E-state index in [-0.39, 0.29) is 5.25 Å². The van der Waals surface area contributed by atoms with Crippen molar-refractivity contribution in [2.24, 2.45) is 5.73 Å². The third-order valence-electron chi connectivity index (χ3n) is 2.70. The van der Waals surface area contributed by atoms with Gasteiger partial charge in [0.2, 0.25) is 5.89 Å². The zero-order chi connectivity index (χ0) is 12.4. The van der Waals surface area contributed by atoms with Crippen LogP contribution in [-0.2, 0) is 0 Å². The summed E-state index contributed by atoms with van der Waals surface area (Å²) in [7, 11) is 0. The Labute approximate surface area is 109 Å². The minimum atomic E-state index is -0.686. The van der Waals surface area contributed by atoms with Crippen LogP contribution < -0.4 is 5.73 Å². The number of aliphatic hydroxyl groups excluding tert-OH is 1. The lowest BCUT2D eigenvalue weighted by Crippen LogP contribution is -2.23. The summed E-state index contributed by atoms with van der Waals surface area (Å²) in [5, 5.41) is 14.1. The minimum Gasteiger partial charge on any atom is -0.391 e. The number of aliphatic hydroxyl groups is 1. The molecule has 96 valence electrons. The van der Waals surface area contributed by atoms with Crippen LogP contribution in [0.4, 0.5) is 0 Å². The number of hydrogen-bond donors (Lipinski definition) is 2. The lowest BCUT2D eigenvalue weighted by atomic mass is 10.2. The Kier molecular flexibility index (Phi) is 4.35. The number of hydrogen-bond acceptors (Lipinski definition) is 7. The van der Waals surface area contributed by atoms with Gasteiger partial charge in [0, 0.05) is 16.8 Å². The SMILES string of the molecule is CC(O)C(N)c1nc(C2SCCSC2C)no1. The van der Waals surface area contributed by atoms with Gasteiger partial charge in [-0.1, -0.05) is 12.1 Å². The molecule has 0 bridgehead atoms. The molecule has 1 saturated heterocycles. The van der Waals surface area contributed by atoms with Gasteiger partial charge in [0.1, 0.15) is 6.04 Å². The molecule has 1 fully saturated rings. The topological polar surface area (TPSA) is 85.2 Å². The van der Waals surface area contributed by atoms with Crippen LogP contribution in [0, 0.1) is 0 Å². The highest BCUT2D eigenvalue weighted by atomic mass is 32.2. The Morgan fingerprint density at radius 3 is 2.82 bits per heavy atom. The van der Waals surface area contributed by atoms with E-state index in [1.54, 1.807) is 6.92 Å². The van der Waals surface area contributed by atoms with Crippen LogP contribution in [0.25, 0.3) is 0 Å². The average molecular weight is 275 g/mol. The molecule has 2 heterocycles. The van der Waals surface area contributed by atoms with Gasteiger partial charge in [-0.3, -0.25) is 0 Å². The van der Waals surface area contributed by atoms with E-state index in [1.165, 1.54) is 5.75 Å². The third kappa shape index (κ3) is 2.96. The standard InChI is InChI=1S/C10H17N3O2S2/c1-5(14)7(11)10-12-9(13-15-10)8-6(2)16-3-4-17-8/h5-8,14H,3-4,11H2,1-2H3. The van der Waals surface area contributed by atoms with Crippen LogP contribution in [0.1, 0.15) is 36.9 Å². The smallest absolute Gasteiger partial charge is 0.246 e. The molecule has 3 N–H and O–H groups in total. The first kappa shape index (κ1) is 13.2. The molecule has 1 aromatic heterocycles. The van der Waals surface area contributed by atoms with Crippen LogP contribution in [0.2, 0.25) is 0 Å². The maximum Gasteiger partial charge on any atom is 0.246 e. The van der Waals surface area contributed by atoms with Crippen molar-refractivity contribution in [2.45, 2.75) is 36.5 Å². The van der Waals surface area contributed by atoms with E-state index >= 15 is 0 Å². The maximum absolute atomic E-state index is 9.38. The predicted octanol–water partition coefficient (Wildman–Crippen LogP) is 1.36. The Bertz CT molecular complexity index is 372. The van der Waals surface area contributed by atoms with E-state index < -0.39 is 12.1 Å². The molecule has 4 atom stereocenters. The summed E-state index contributed by atoms with van der Waals surface area (Å²) in [6, 6.07) is -0.604. The fourth-order valence-corrected chi connectivity index (χ4v) is 4.30. The monoisotopic (exact) mass is 275 g/mol. The molecule has 0 saturated carbocycles. The summed E-state index contributed by atoms with van der Waals surface area (Å²) in [4.78, 5) is 4.31. The second-order valence-corrected chi connectivity index (χ2v) is 6.86. The highest BCUT2D eigenvalue weighted by Gasteiger charge is 2.29. The molecule has 0 spiro atoms. The van der Waals surface area contributed by atoms with Crippen molar-refractivity contribution >= 4 is 23.5 Å². The Balaban J connectivity index is 2.12. The first-order valence-electron chi connectivity index (χ1n) is 5.60. The zero-order valence-corrected chi connectivity index (χ0v) is 11.5. The van der Waals surface area contributed by atoms with Crippen molar-refractivity contribution in [3.05, 3.63) is 11.7 Å². The van der Waals surface area contributed by atoms with Gasteiger partial charge in [-0.15, -0.1) is 11.8 Å². The second kappa shape index (κ2) is 5.60. The highest BCUT2D eigenvalue weighted by molar-refractivity contribution is 8.06. The van der Waals surface area contributed by atoms with Crippen molar-refractivity contribution < 1.29 is 9.63 Å². The fraction of sp³-hybridized carbons (Fsp3) is 0.800. The summed E-state index contributed by atoms with van der Waals surface area (Å²) < 4.78 is 5.12. The second-order valence-electron chi connectivity index (χ2n) is 4.12. The van der Waals surface area contributed by atoms with E-state index in [1.807, 2.05) is 23.5 Å². The van der Waals surface area contributed by atoms with Gasteiger partial charge in [0.25, 0.3) is 0 Å². The summed E-state index contributed by atoms with van der Waals surface area (Å²) in [6.07, 6.45) is -0.686. The molecular formula is C10H17N3O2S2. The largest absolute Gasteiger partial charge is 0.391 e. The van der Waals surface area contributed by atoms with Crippen LogP contribution in [-0.4, -0.2) is 38.1 Å². The van der Waals surface area contributed by atoms with Gasteiger partial charge in [0.05, 0.1) is 11.4 Å². The van der Waals surface area contributed by atoms with Gasteiger partial charge in [-0.25, -0.2) is 0 Å². The van der Waals surface area contributed by atoms with Crippen molar-refractivity contribution in [3.8, 4) is 0 Å². The minimum absolute atomic E-state index is 0.257. The van der Waals surface area contributed by atoms with Crippen molar-refractivity contribution in [3.63, 3.8) is 0 Å². The summed E-state index contributed by atoms with van der Waals surface area (Å²) in [6.45, 7) is 3.79. The fourth-order valence-electron chi connectivity index (χ4n) is 1.62. The average Bonchev–Trinajstić information content (AvgIpc) is 2.77. The normalized spacial score (nSPS) is 28.9. The number of nitrogens with two attached hydrogens (primary N) is 1. The first-order chi connectivity index (χ1) is 8.09. The van der Waals surface area contributed by atoms with Crippen molar-refractivity contribution in [2.75, 3.05) is 11.5 Å². The number of thioether (sulfide) groups is 2. The van der Waals surface area contributed by atoms with Crippen molar-refractivity contribution in [1.29, 1.82) is 0 Å². The molecule has 1 aliphatic rings. The molecule has 0 aliphatic carbocycles. The summed E-state index contributed by atoms with van der Waals surface area (Å²) >= 11 is 3.77. The Morgan fingerprint density at radius 2 is 2.18 bits per heavy atom. The highest BCUT2D eigenvalue weighted by Crippen LogP contribution is 2.41. The lowest BCUT2D eigenvalue weighted by Gasteiger charge is -2.24. The van der Waals surface area contributed by atoms with E-state index in [4.69, 9.17) is 10.3 Å². The number of rotatable bonds is 3. The van der Waals surface area contributed by atoms with Gasteiger partial charge < -0.3 is 15.4 Å². The van der Waals surface area contributed by atoms with Crippen LogP contribution in [0.15, 0.2) is 4.52 Å². The molecule has 4 unspecified atom stereocenters.